The Labute approximate surface area is 417 Å². The van der Waals surface area contributed by atoms with Gasteiger partial charge in [0.15, 0.2) is 0 Å². The van der Waals surface area contributed by atoms with E-state index < -0.39 is 26.6 Å². The van der Waals surface area contributed by atoms with E-state index in [0.717, 1.165) is 89.9 Å². The van der Waals surface area contributed by atoms with Gasteiger partial charge in [0.05, 0.1) is 33.8 Å². The van der Waals surface area contributed by atoms with E-state index in [-0.39, 0.29) is 31.3 Å². The first kappa shape index (κ1) is 64.7. The summed E-state index contributed by atoms with van der Waals surface area (Å²) in [6.45, 7) is 6.49. The maximum Gasteiger partial charge on any atom is 0.306 e. The molecule has 0 aromatic heterocycles. The Kier molecular flexibility index (Phi) is 45.0. The number of unbranched alkanes of at least 4 members (excludes halogenated alkanes) is 16. The molecule has 0 bridgehead atoms. The SMILES string of the molecule is CC/C=C/C=C/C=C\CCCCCCCC(=O)OC(/C=C/CCCCCCCCCCCCC)C(COP(=O)([O-])OCC[N+](C)(C)C)NC(=O)CC/C=C/C/C=C/C/C=C/C/C=C/C/C=C/CC. The molecule has 3 atom stereocenters. The van der Waals surface area contributed by atoms with Gasteiger partial charge in [-0.05, 0) is 83.1 Å². The molecule has 10 heteroatoms. The average Bonchev–Trinajstić information content (AvgIpc) is 3.29. The Bertz CT molecular complexity index is 1530. The lowest BCUT2D eigenvalue weighted by Crippen LogP contribution is -2.47. The van der Waals surface area contributed by atoms with E-state index in [4.69, 9.17) is 13.8 Å². The van der Waals surface area contributed by atoms with Crippen LogP contribution in [0.15, 0.2) is 109 Å². The third-order valence-electron chi connectivity index (χ3n) is 11.0. The minimum Gasteiger partial charge on any atom is -0.756 e. The van der Waals surface area contributed by atoms with Gasteiger partial charge in [-0.3, -0.25) is 14.2 Å². The minimum absolute atomic E-state index is 0.0448. The quantitative estimate of drug-likeness (QED) is 0.0161. The van der Waals surface area contributed by atoms with Crippen molar-refractivity contribution in [3.05, 3.63) is 109 Å². The van der Waals surface area contributed by atoms with Gasteiger partial charge >= 0.3 is 5.97 Å². The van der Waals surface area contributed by atoms with E-state index >= 15 is 0 Å². The molecular formula is C58H99N2O7P. The number of quaternary nitrogens is 1. The summed E-state index contributed by atoms with van der Waals surface area (Å²) >= 11 is 0. The maximum absolute atomic E-state index is 13.4. The van der Waals surface area contributed by atoms with Crippen molar-refractivity contribution in [3.63, 3.8) is 0 Å². The summed E-state index contributed by atoms with van der Waals surface area (Å²) in [5.74, 6) is -0.672. The van der Waals surface area contributed by atoms with Gasteiger partial charge in [-0.2, -0.15) is 0 Å². The van der Waals surface area contributed by atoms with Crippen LogP contribution in [0.1, 0.15) is 194 Å². The summed E-state index contributed by atoms with van der Waals surface area (Å²) < 4.78 is 30.1. The standard InChI is InChI=1S/C58H99N2O7P/c1-7-10-13-16-19-22-25-28-29-30-33-35-38-41-44-47-50-57(61)59-55(54-66-68(63,64)65-53-52-60(4,5)6)56(49-46-43-40-37-34-31-26-23-20-17-14-11-8-2)67-58(62)51-48-45-42-39-36-32-27-24-21-18-15-12-9-3/h10,12-13,15,18-19,21-22,24,27-29,33,35,41,44,46,49,55-56H,7-9,11,14,16-17,20,23,25-26,30-32,34,36-40,42-43,45,47-48,50-54H2,1-6H3,(H-,59,61,63,64)/b13-10+,15-12+,21-18+,22-19+,27-24-,29-28+,35-33+,44-41+,49-46+. The van der Waals surface area contributed by atoms with E-state index in [2.05, 4.69) is 105 Å². The van der Waals surface area contributed by atoms with Gasteiger partial charge < -0.3 is 28.5 Å². The van der Waals surface area contributed by atoms with Crippen LogP contribution in [0.5, 0.6) is 0 Å². The molecule has 1 amide bonds. The van der Waals surface area contributed by atoms with E-state index in [0.29, 0.717) is 23.9 Å². The van der Waals surface area contributed by atoms with Crippen molar-refractivity contribution < 1.29 is 37.3 Å². The van der Waals surface area contributed by atoms with Crippen LogP contribution in [0.25, 0.3) is 0 Å². The second-order valence-electron chi connectivity index (χ2n) is 18.7. The summed E-state index contributed by atoms with van der Waals surface area (Å²) in [4.78, 5) is 39.7. The van der Waals surface area contributed by atoms with Crippen LogP contribution in [-0.4, -0.2) is 69.4 Å². The Hall–Kier alpha value is -3.33. The van der Waals surface area contributed by atoms with Crippen LogP contribution < -0.4 is 10.2 Å². The van der Waals surface area contributed by atoms with Gasteiger partial charge in [0.2, 0.25) is 5.91 Å². The summed E-state index contributed by atoms with van der Waals surface area (Å²) in [7, 11) is 1.11. The molecule has 9 nitrogen and oxygen atoms in total. The lowest BCUT2D eigenvalue weighted by molar-refractivity contribution is -0.870. The number of carbonyl (C=O) groups excluding carboxylic acids is 2. The first-order chi connectivity index (χ1) is 32.9. The minimum atomic E-state index is -4.72. The van der Waals surface area contributed by atoms with Crippen molar-refractivity contribution in [3.8, 4) is 0 Å². The molecule has 0 saturated heterocycles. The second kappa shape index (κ2) is 47.4. The van der Waals surface area contributed by atoms with Gasteiger partial charge in [0, 0.05) is 12.8 Å². The smallest absolute Gasteiger partial charge is 0.306 e. The number of nitrogens with zero attached hydrogens (tertiary/aromatic N) is 1. The van der Waals surface area contributed by atoms with Crippen molar-refractivity contribution >= 4 is 19.7 Å². The molecule has 0 rings (SSSR count). The molecule has 0 fully saturated rings. The number of hydrogen-bond donors (Lipinski definition) is 1. The second-order valence-corrected chi connectivity index (χ2v) is 20.1. The first-order valence-corrected chi connectivity index (χ1v) is 28.2. The molecule has 0 heterocycles. The topological polar surface area (TPSA) is 114 Å². The predicted molar refractivity (Wildman–Crippen MR) is 288 cm³/mol. The zero-order valence-corrected chi connectivity index (χ0v) is 44.9. The fourth-order valence-electron chi connectivity index (χ4n) is 6.92. The number of hydrogen-bond acceptors (Lipinski definition) is 7. The van der Waals surface area contributed by atoms with Crippen molar-refractivity contribution in [2.75, 3.05) is 40.9 Å². The molecule has 388 valence electrons. The van der Waals surface area contributed by atoms with Crippen molar-refractivity contribution in [1.82, 2.24) is 5.32 Å². The fourth-order valence-corrected chi connectivity index (χ4v) is 7.64. The number of rotatable bonds is 46. The number of nitrogens with one attached hydrogen (secondary N) is 1. The number of ether oxygens (including phenoxy) is 1. The van der Waals surface area contributed by atoms with E-state index in [9.17, 15) is 19.0 Å². The van der Waals surface area contributed by atoms with Crippen molar-refractivity contribution in [2.24, 2.45) is 0 Å². The van der Waals surface area contributed by atoms with Crippen LogP contribution in [0, 0.1) is 0 Å². The number of amides is 1. The maximum atomic E-state index is 13.4. The number of carbonyl (C=O) groups is 2. The van der Waals surface area contributed by atoms with Crippen molar-refractivity contribution in [2.45, 2.75) is 206 Å². The average molecular weight is 967 g/mol. The summed E-state index contributed by atoms with van der Waals surface area (Å²) in [6, 6.07) is -0.941. The van der Waals surface area contributed by atoms with Gasteiger partial charge in [0.25, 0.3) is 7.82 Å². The molecule has 0 saturated carbocycles. The van der Waals surface area contributed by atoms with Gasteiger partial charge in [-0.15, -0.1) is 0 Å². The zero-order chi connectivity index (χ0) is 50.1. The van der Waals surface area contributed by atoms with Crippen LogP contribution in [-0.2, 0) is 27.9 Å². The van der Waals surface area contributed by atoms with E-state index in [1.54, 1.807) is 6.08 Å². The third-order valence-corrected chi connectivity index (χ3v) is 12.0. The molecule has 3 unspecified atom stereocenters. The highest BCUT2D eigenvalue weighted by Crippen LogP contribution is 2.38. The number of phosphoric acid groups is 1. The van der Waals surface area contributed by atoms with Gasteiger partial charge in [-0.1, -0.05) is 208 Å². The normalized spacial score (nSPS) is 14.8. The van der Waals surface area contributed by atoms with Crippen LogP contribution in [0.4, 0.5) is 0 Å². The molecule has 0 aliphatic carbocycles. The van der Waals surface area contributed by atoms with Crippen molar-refractivity contribution in [1.29, 1.82) is 0 Å². The molecule has 0 aliphatic heterocycles. The lowest BCUT2D eigenvalue weighted by Gasteiger charge is -2.30. The predicted octanol–water partition coefficient (Wildman–Crippen LogP) is 15.2. The third kappa shape index (κ3) is 47.7. The van der Waals surface area contributed by atoms with E-state index in [1.165, 1.54) is 57.8 Å². The highest BCUT2D eigenvalue weighted by molar-refractivity contribution is 7.45. The zero-order valence-electron chi connectivity index (χ0n) is 44.0. The molecular weight excluding hydrogens is 868 g/mol. The highest BCUT2D eigenvalue weighted by atomic mass is 31.2. The van der Waals surface area contributed by atoms with Crippen LogP contribution in [0.3, 0.4) is 0 Å². The van der Waals surface area contributed by atoms with Gasteiger partial charge in [0.1, 0.15) is 19.3 Å². The molecule has 0 aromatic carbocycles. The number of allylic oxidation sites excluding steroid dienone is 17. The largest absolute Gasteiger partial charge is 0.756 e. The monoisotopic (exact) mass is 967 g/mol. The molecule has 0 aromatic rings. The molecule has 1 N–H and O–H groups in total. The Morgan fingerprint density at radius 1 is 0.544 bits per heavy atom. The van der Waals surface area contributed by atoms with E-state index in [1.807, 2.05) is 45.4 Å². The molecule has 0 spiro atoms. The fraction of sp³-hybridized carbons (Fsp3) is 0.655. The molecule has 0 radical (unpaired) electrons. The summed E-state index contributed by atoms with van der Waals surface area (Å²) in [6.07, 6.45) is 63.6. The number of esters is 1. The summed E-state index contributed by atoms with van der Waals surface area (Å²) in [5, 5.41) is 2.95. The first-order valence-electron chi connectivity index (χ1n) is 26.7. The molecule has 0 aliphatic rings. The lowest BCUT2D eigenvalue weighted by atomic mass is 10.0. The van der Waals surface area contributed by atoms with Crippen LogP contribution in [0.2, 0.25) is 0 Å². The number of phosphoric ester groups is 1. The highest BCUT2D eigenvalue weighted by Gasteiger charge is 2.27. The number of likely N-dealkylation sites (N-methyl/N-ethyl adjacent to an activating group) is 1. The Morgan fingerprint density at radius 2 is 1.03 bits per heavy atom. The van der Waals surface area contributed by atoms with Gasteiger partial charge in [-0.25, -0.2) is 0 Å². The van der Waals surface area contributed by atoms with Crippen LogP contribution >= 0.6 is 7.82 Å². The Balaban J connectivity index is 5.59. The molecule has 68 heavy (non-hydrogen) atoms. The summed E-state index contributed by atoms with van der Waals surface area (Å²) in [5.41, 5.74) is 0. The Morgan fingerprint density at radius 3 is 1.57 bits per heavy atom.